The van der Waals surface area contributed by atoms with Gasteiger partial charge in [0, 0.05) is 18.3 Å². The standard InChI is InChI=1S/C12H16N2O3/c1-9-8-17-4-3-14(9)12-11(16-2)5-10(7-15)6-13-12/h5-7,9H,3-4,8H2,1-2H3. The first kappa shape index (κ1) is 11.9. The summed E-state index contributed by atoms with van der Waals surface area (Å²) in [6, 6.07) is 1.96. The molecule has 0 bridgehead atoms. The molecule has 0 saturated carbocycles. The third-order valence-electron chi connectivity index (χ3n) is 2.85. The van der Waals surface area contributed by atoms with Crippen molar-refractivity contribution in [2.45, 2.75) is 13.0 Å². The van der Waals surface area contributed by atoms with E-state index in [9.17, 15) is 4.79 Å². The van der Waals surface area contributed by atoms with Gasteiger partial charge in [0.2, 0.25) is 0 Å². The van der Waals surface area contributed by atoms with Gasteiger partial charge < -0.3 is 14.4 Å². The molecule has 5 heteroatoms. The number of pyridine rings is 1. The number of nitrogens with zero attached hydrogens (tertiary/aromatic N) is 2. The molecule has 1 saturated heterocycles. The van der Waals surface area contributed by atoms with Crippen LogP contribution in [0.4, 0.5) is 5.82 Å². The Morgan fingerprint density at radius 2 is 2.47 bits per heavy atom. The minimum Gasteiger partial charge on any atom is -0.493 e. The van der Waals surface area contributed by atoms with E-state index >= 15 is 0 Å². The maximum Gasteiger partial charge on any atom is 0.171 e. The Balaban J connectivity index is 2.33. The van der Waals surface area contributed by atoms with Crippen molar-refractivity contribution in [1.29, 1.82) is 0 Å². The molecule has 92 valence electrons. The van der Waals surface area contributed by atoms with Gasteiger partial charge in [-0.3, -0.25) is 4.79 Å². The highest BCUT2D eigenvalue weighted by Gasteiger charge is 2.23. The average Bonchev–Trinajstić information content (AvgIpc) is 2.38. The molecule has 0 aromatic carbocycles. The van der Waals surface area contributed by atoms with Crippen molar-refractivity contribution in [3.05, 3.63) is 17.8 Å². The molecule has 1 aromatic rings. The van der Waals surface area contributed by atoms with Crippen LogP contribution in [0.25, 0.3) is 0 Å². The summed E-state index contributed by atoms with van der Waals surface area (Å²) in [5.74, 6) is 1.40. The molecule has 0 spiro atoms. The number of methoxy groups -OCH3 is 1. The summed E-state index contributed by atoms with van der Waals surface area (Å²) in [6.45, 7) is 4.23. The van der Waals surface area contributed by atoms with Crippen LogP contribution in [-0.2, 0) is 4.74 Å². The van der Waals surface area contributed by atoms with Gasteiger partial charge in [0.05, 0.1) is 26.4 Å². The summed E-state index contributed by atoms with van der Waals surface area (Å²) >= 11 is 0. The molecule has 0 radical (unpaired) electrons. The number of carbonyl (C=O) groups is 1. The van der Waals surface area contributed by atoms with E-state index in [0.717, 1.165) is 18.6 Å². The molecule has 2 rings (SSSR count). The van der Waals surface area contributed by atoms with Crippen LogP contribution in [0.2, 0.25) is 0 Å². The number of hydrogen-bond acceptors (Lipinski definition) is 5. The number of hydrogen-bond donors (Lipinski definition) is 0. The molecule has 1 fully saturated rings. The lowest BCUT2D eigenvalue weighted by atomic mass is 10.2. The second-order valence-corrected chi connectivity index (χ2v) is 4.03. The molecular formula is C12H16N2O3. The van der Waals surface area contributed by atoms with E-state index in [-0.39, 0.29) is 6.04 Å². The Morgan fingerprint density at radius 3 is 3.12 bits per heavy atom. The van der Waals surface area contributed by atoms with Gasteiger partial charge in [0.15, 0.2) is 17.9 Å². The molecule has 17 heavy (non-hydrogen) atoms. The predicted octanol–water partition coefficient (Wildman–Crippen LogP) is 1.13. The molecule has 0 aliphatic carbocycles. The van der Waals surface area contributed by atoms with Crippen LogP contribution in [0, 0.1) is 0 Å². The van der Waals surface area contributed by atoms with Crippen molar-refractivity contribution in [3.63, 3.8) is 0 Å². The average molecular weight is 236 g/mol. The quantitative estimate of drug-likeness (QED) is 0.736. The zero-order chi connectivity index (χ0) is 12.3. The fourth-order valence-electron chi connectivity index (χ4n) is 1.92. The van der Waals surface area contributed by atoms with Crippen LogP contribution in [0.3, 0.4) is 0 Å². The number of aldehydes is 1. The second-order valence-electron chi connectivity index (χ2n) is 4.03. The van der Waals surface area contributed by atoms with Crippen LogP contribution >= 0.6 is 0 Å². The molecule has 0 amide bonds. The van der Waals surface area contributed by atoms with Gasteiger partial charge in [-0.05, 0) is 13.0 Å². The summed E-state index contributed by atoms with van der Waals surface area (Å²) < 4.78 is 10.7. The maximum absolute atomic E-state index is 10.7. The summed E-state index contributed by atoms with van der Waals surface area (Å²) in [5, 5.41) is 0. The normalized spacial score (nSPS) is 20.1. The van der Waals surface area contributed by atoms with Gasteiger partial charge in [0.25, 0.3) is 0 Å². The number of ether oxygens (including phenoxy) is 2. The van der Waals surface area contributed by atoms with Crippen molar-refractivity contribution >= 4 is 12.1 Å². The fraction of sp³-hybridized carbons (Fsp3) is 0.500. The van der Waals surface area contributed by atoms with Gasteiger partial charge >= 0.3 is 0 Å². The Hall–Kier alpha value is -1.62. The van der Waals surface area contributed by atoms with E-state index < -0.39 is 0 Å². The fourth-order valence-corrected chi connectivity index (χ4v) is 1.92. The number of morpholine rings is 1. The van der Waals surface area contributed by atoms with E-state index in [2.05, 4.69) is 16.8 Å². The summed E-state index contributed by atoms with van der Waals surface area (Å²) in [5.41, 5.74) is 0.520. The smallest absolute Gasteiger partial charge is 0.171 e. The zero-order valence-electron chi connectivity index (χ0n) is 10.0. The van der Waals surface area contributed by atoms with Crippen LogP contribution in [0.15, 0.2) is 12.3 Å². The zero-order valence-corrected chi connectivity index (χ0v) is 10.0. The van der Waals surface area contributed by atoms with Crippen molar-refractivity contribution in [3.8, 4) is 5.75 Å². The largest absolute Gasteiger partial charge is 0.493 e. The van der Waals surface area contributed by atoms with Crippen molar-refractivity contribution in [1.82, 2.24) is 4.98 Å². The first-order valence-electron chi connectivity index (χ1n) is 5.60. The Labute approximate surface area is 100 Å². The van der Waals surface area contributed by atoms with E-state index in [1.165, 1.54) is 0 Å². The highest BCUT2D eigenvalue weighted by atomic mass is 16.5. The molecule has 1 atom stereocenters. The highest BCUT2D eigenvalue weighted by molar-refractivity contribution is 5.76. The lowest BCUT2D eigenvalue weighted by Gasteiger charge is -2.34. The summed E-state index contributed by atoms with van der Waals surface area (Å²) in [7, 11) is 1.58. The molecule has 5 nitrogen and oxygen atoms in total. The molecule has 0 N–H and O–H groups in total. The highest BCUT2D eigenvalue weighted by Crippen LogP contribution is 2.28. The Morgan fingerprint density at radius 1 is 1.65 bits per heavy atom. The topological polar surface area (TPSA) is 51.7 Å². The van der Waals surface area contributed by atoms with Gasteiger partial charge in [0.1, 0.15) is 0 Å². The molecule has 1 unspecified atom stereocenters. The first-order chi connectivity index (χ1) is 8.26. The van der Waals surface area contributed by atoms with Crippen LogP contribution in [0.5, 0.6) is 5.75 Å². The summed E-state index contributed by atoms with van der Waals surface area (Å²) in [6.07, 6.45) is 2.33. The van der Waals surface area contributed by atoms with Gasteiger partial charge in [-0.25, -0.2) is 4.98 Å². The molecular weight excluding hydrogens is 220 g/mol. The van der Waals surface area contributed by atoms with E-state index in [4.69, 9.17) is 9.47 Å². The van der Waals surface area contributed by atoms with E-state index in [1.807, 2.05) is 0 Å². The Kier molecular flexibility index (Phi) is 3.58. The molecule has 1 aromatic heterocycles. The van der Waals surface area contributed by atoms with E-state index in [0.29, 0.717) is 24.5 Å². The SMILES string of the molecule is COc1cc(C=O)cnc1N1CCOCC1C. The lowest BCUT2D eigenvalue weighted by Crippen LogP contribution is -2.44. The number of carbonyl (C=O) groups excluding carboxylic acids is 1. The third-order valence-corrected chi connectivity index (χ3v) is 2.85. The first-order valence-corrected chi connectivity index (χ1v) is 5.60. The van der Waals surface area contributed by atoms with Crippen molar-refractivity contribution in [2.75, 3.05) is 31.8 Å². The third kappa shape index (κ3) is 2.39. The molecule has 2 heterocycles. The second kappa shape index (κ2) is 5.14. The lowest BCUT2D eigenvalue weighted by molar-refractivity contribution is 0.0982. The van der Waals surface area contributed by atoms with Gasteiger partial charge in [-0.2, -0.15) is 0 Å². The van der Waals surface area contributed by atoms with Crippen molar-refractivity contribution < 1.29 is 14.3 Å². The monoisotopic (exact) mass is 236 g/mol. The van der Waals surface area contributed by atoms with Crippen molar-refractivity contribution in [2.24, 2.45) is 0 Å². The number of anilines is 1. The Bertz CT molecular complexity index is 409. The van der Waals surface area contributed by atoms with Gasteiger partial charge in [-0.1, -0.05) is 0 Å². The number of aromatic nitrogens is 1. The minimum absolute atomic E-state index is 0.257. The minimum atomic E-state index is 0.257. The van der Waals surface area contributed by atoms with E-state index in [1.54, 1.807) is 19.4 Å². The predicted molar refractivity (Wildman–Crippen MR) is 63.8 cm³/mol. The molecule has 1 aliphatic heterocycles. The number of rotatable bonds is 3. The van der Waals surface area contributed by atoms with Crippen LogP contribution in [-0.4, -0.2) is 44.2 Å². The van der Waals surface area contributed by atoms with Crippen LogP contribution < -0.4 is 9.64 Å². The summed E-state index contributed by atoms with van der Waals surface area (Å²) in [4.78, 5) is 17.1. The van der Waals surface area contributed by atoms with Crippen LogP contribution in [0.1, 0.15) is 17.3 Å². The van der Waals surface area contributed by atoms with Gasteiger partial charge in [-0.15, -0.1) is 0 Å². The maximum atomic E-state index is 10.7. The molecule has 1 aliphatic rings.